The Hall–Kier alpha value is -3.73. The quantitative estimate of drug-likeness (QED) is 0.210. The molecule has 0 saturated carbocycles. The van der Waals surface area contributed by atoms with Crippen molar-refractivity contribution in [2.75, 3.05) is 6.54 Å². The van der Waals surface area contributed by atoms with E-state index in [2.05, 4.69) is 5.32 Å². The van der Waals surface area contributed by atoms with Crippen molar-refractivity contribution in [3.63, 3.8) is 0 Å². The lowest BCUT2D eigenvalue weighted by atomic mass is 10.1. The molecule has 0 aliphatic rings. The van der Waals surface area contributed by atoms with Crippen LogP contribution in [0.3, 0.4) is 0 Å². The molecule has 0 unspecified atom stereocenters. The van der Waals surface area contributed by atoms with Gasteiger partial charge in [-0.3, -0.25) is 0 Å². The van der Waals surface area contributed by atoms with E-state index in [9.17, 15) is 22.6 Å². The highest BCUT2D eigenvalue weighted by molar-refractivity contribution is 7.85. The summed E-state index contributed by atoms with van der Waals surface area (Å²) in [5.74, 6) is -0.479. The van der Waals surface area contributed by atoms with Gasteiger partial charge in [0.05, 0.1) is 4.90 Å². The lowest BCUT2D eigenvalue weighted by Crippen LogP contribution is -2.42. The highest BCUT2D eigenvalue weighted by Crippen LogP contribution is 2.09. The number of aryl methyl sites for hydroxylation is 1. The molecule has 1 amide bonds. The number of ether oxygens (including phenoxy) is 2. The molecule has 10 heteroatoms. The van der Waals surface area contributed by atoms with E-state index in [4.69, 9.17) is 15.2 Å². The van der Waals surface area contributed by atoms with Gasteiger partial charge in [0.2, 0.25) is 0 Å². The zero-order chi connectivity index (χ0) is 27.8. The van der Waals surface area contributed by atoms with E-state index in [1.54, 1.807) is 12.1 Å². The van der Waals surface area contributed by atoms with Gasteiger partial charge in [-0.2, -0.15) is 0 Å². The number of carbonyl (C=O) groups is 2. The first-order valence-corrected chi connectivity index (χ1v) is 13.5. The Morgan fingerprint density at radius 1 is 0.842 bits per heavy atom. The summed E-state index contributed by atoms with van der Waals surface area (Å²) in [6, 6.07) is 23.8. The zero-order valence-corrected chi connectivity index (χ0v) is 22.1. The highest BCUT2D eigenvalue weighted by atomic mass is 32.2. The van der Waals surface area contributed by atoms with Crippen molar-refractivity contribution in [1.82, 2.24) is 5.32 Å². The largest absolute Gasteiger partial charge is 0.744 e. The molecule has 0 bridgehead atoms. The van der Waals surface area contributed by atoms with Gasteiger partial charge in [-0.05, 0) is 56.0 Å². The second-order valence-electron chi connectivity index (χ2n) is 8.40. The molecule has 0 aliphatic heterocycles. The van der Waals surface area contributed by atoms with Gasteiger partial charge in [0.1, 0.15) is 29.4 Å². The summed E-state index contributed by atoms with van der Waals surface area (Å²) in [5, 5.41) is 2.61. The van der Waals surface area contributed by atoms with Crippen molar-refractivity contribution in [1.29, 1.82) is 0 Å². The van der Waals surface area contributed by atoms with E-state index in [1.807, 2.05) is 67.6 Å². The molecular weight excluding hydrogens is 508 g/mol. The summed E-state index contributed by atoms with van der Waals surface area (Å²) >= 11 is 0. The molecule has 204 valence electrons. The summed E-state index contributed by atoms with van der Waals surface area (Å²) in [6.45, 7) is 2.65. The second kappa shape index (κ2) is 16.2. The molecule has 0 aliphatic carbocycles. The van der Waals surface area contributed by atoms with Crippen LogP contribution in [0, 0.1) is 6.92 Å². The number of esters is 1. The summed E-state index contributed by atoms with van der Waals surface area (Å²) in [4.78, 5) is 24.3. The number of nitrogens with one attached hydrogen (secondary N) is 1. The van der Waals surface area contributed by atoms with Crippen LogP contribution >= 0.6 is 0 Å². The van der Waals surface area contributed by atoms with E-state index in [0.717, 1.165) is 23.1 Å². The monoisotopic (exact) mass is 541 g/mol. The summed E-state index contributed by atoms with van der Waals surface area (Å²) in [5.41, 5.74) is 8.20. The highest BCUT2D eigenvalue weighted by Gasteiger charge is 2.22. The number of amides is 1. The third-order valence-electron chi connectivity index (χ3n) is 5.27. The first kappa shape index (κ1) is 30.5. The molecule has 3 rings (SSSR count). The van der Waals surface area contributed by atoms with Gasteiger partial charge in [0.25, 0.3) is 0 Å². The smallest absolute Gasteiger partial charge is 0.408 e. The number of benzene rings is 3. The molecule has 0 radical (unpaired) electrons. The Morgan fingerprint density at radius 3 is 1.87 bits per heavy atom. The number of hydrogen-bond donors (Lipinski definition) is 2. The molecule has 0 fully saturated rings. The van der Waals surface area contributed by atoms with Gasteiger partial charge in [-0.15, -0.1) is 0 Å². The Labute approximate surface area is 223 Å². The number of nitrogens with two attached hydrogens (primary N) is 1. The van der Waals surface area contributed by atoms with E-state index >= 15 is 0 Å². The van der Waals surface area contributed by atoms with Gasteiger partial charge in [0, 0.05) is 0 Å². The molecular formula is C28H33N2O7S-. The van der Waals surface area contributed by atoms with Crippen LogP contribution in [0.1, 0.15) is 36.0 Å². The maximum Gasteiger partial charge on any atom is 0.408 e. The van der Waals surface area contributed by atoms with Gasteiger partial charge in [-0.25, -0.2) is 18.0 Å². The topological polar surface area (TPSA) is 148 Å². The number of alkyl carbamates (subject to hydrolysis) is 1. The van der Waals surface area contributed by atoms with Crippen molar-refractivity contribution < 1.29 is 32.0 Å². The first-order valence-electron chi connectivity index (χ1n) is 12.1. The van der Waals surface area contributed by atoms with E-state index in [-0.39, 0.29) is 18.1 Å². The third kappa shape index (κ3) is 12.0. The fraction of sp³-hybridized carbons (Fsp3) is 0.286. The summed E-state index contributed by atoms with van der Waals surface area (Å²) < 4.78 is 41.7. The molecule has 3 aromatic carbocycles. The van der Waals surface area contributed by atoms with Crippen molar-refractivity contribution in [2.45, 2.75) is 50.3 Å². The molecule has 9 nitrogen and oxygen atoms in total. The van der Waals surface area contributed by atoms with Crippen LogP contribution in [-0.4, -0.2) is 37.6 Å². The van der Waals surface area contributed by atoms with Crippen molar-refractivity contribution >= 4 is 22.2 Å². The van der Waals surface area contributed by atoms with Gasteiger partial charge < -0.3 is 25.1 Å². The van der Waals surface area contributed by atoms with Crippen LogP contribution in [0.15, 0.2) is 89.8 Å². The van der Waals surface area contributed by atoms with Gasteiger partial charge in [0.15, 0.2) is 0 Å². The van der Waals surface area contributed by atoms with Crippen LogP contribution in [-0.2, 0) is 37.6 Å². The summed E-state index contributed by atoms with van der Waals surface area (Å²) in [7, 11) is -4.27. The number of hydrogen-bond acceptors (Lipinski definition) is 8. The standard InChI is InChI=1S/C21H26N2O4.C7H8O3S/c22-14-8-7-13-19(20(24)26-15-17-9-3-1-4-10-17)23-21(25)27-16-18-11-5-2-6-12-18;1-6-2-4-7(5-3-6)11(8,9)10/h1-6,9-12,19H,7-8,13-16,22H2,(H,23,25);2-5H,1H3,(H,8,9,10)/p-1/t19-;/m0./s1. The second-order valence-corrected chi connectivity index (χ2v) is 9.78. The Bertz CT molecular complexity index is 1220. The van der Waals surface area contributed by atoms with Crippen molar-refractivity contribution in [2.24, 2.45) is 5.73 Å². The zero-order valence-electron chi connectivity index (χ0n) is 21.2. The average Bonchev–Trinajstić information content (AvgIpc) is 2.91. The molecule has 3 N–H and O–H groups in total. The maximum atomic E-state index is 12.4. The molecule has 38 heavy (non-hydrogen) atoms. The molecule has 0 spiro atoms. The molecule has 0 saturated heterocycles. The van der Waals surface area contributed by atoms with Gasteiger partial charge >= 0.3 is 12.1 Å². The lowest BCUT2D eigenvalue weighted by molar-refractivity contribution is -0.147. The van der Waals surface area contributed by atoms with Crippen molar-refractivity contribution in [3.8, 4) is 0 Å². The average molecular weight is 542 g/mol. The predicted octanol–water partition coefficient (Wildman–Crippen LogP) is 4.05. The van der Waals surface area contributed by atoms with Crippen LogP contribution in [0.2, 0.25) is 0 Å². The van der Waals surface area contributed by atoms with E-state index in [1.165, 1.54) is 12.1 Å². The predicted molar refractivity (Wildman–Crippen MR) is 142 cm³/mol. The van der Waals surface area contributed by atoms with E-state index in [0.29, 0.717) is 19.4 Å². The first-order chi connectivity index (χ1) is 18.2. The van der Waals surface area contributed by atoms with E-state index < -0.39 is 28.2 Å². The Kier molecular flexibility index (Phi) is 13.0. The lowest BCUT2D eigenvalue weighted by Gasteiger charge is -2.17. The Morgan fingerprint density at radius 2 is 1.37 bits per heavy atom. The van der Waals surface area contributed by atoms with Crippen LogP contribution in [0.5, 0.6) is 0 Å². The fourth-order valence-electron chi connectivity index (χ4n) is 3.18. The van der Waals surface area contributed by atoms with Crippen LogP contribution < -0.4 is 11.1 Å². The molecule has 1 atom stereocenters. The number of rotatable bonds is 11. The summed E-state index contributed by atoms with van der Waals surface area (Å²) in [6.07, 6.45) is 1.28. The maximum absolute atomic E-state index is 12.4. The fourth-order valence-corrected chi connectivity index (χ4v) is 3.65. The van der Waals surface area contributed by atoms with Crippen LogP contribution in [0.25, 0.3) is 0 Å². The van der Waals surface area contributed by atoms with Gasteiger partial charge in [-0.1, -0.05) is 78.4 Å². The molecule has 3 aromatic rings. The molecule has 0 heterocycles. The third-order valence-corrected chi connectivity index (χ3v) is 6.12. The minimum Gasteiger partial charge on any atom is -0.744 e. The molecule has 0 aromatic heterocycles. The number of carbonyl (C=O) groups excluding carboxylic acids is 2. The number of unbranched alkanes of at least 4 members (excludes halogenated alkanes) is 1. The minimum atomic E-state index is -4.27. The SMILES string of the molecule is Cc1ccc(S(=O)(=O)[O-])cc1.NCCCC[C@H](NC(=O)OCc1ccccc1)C(=O)OCc1ccccc1. The Balaban J connectivity index is 0.000000384. The normalized spacial score (nSPS) is 11.4. The van der Waals surface area contributed by atoms with Crippen molar-refractivity contribution in [3.05, 3.63) is 102 Å². The van der Waals surface area contributed by atoms with Crippen LogP contribution in [0.4, 0.5) is 4.79 Å². The minimum absolute atomic E-state index is 0.140.